The van der Waals surface area contributed by atoms with Gasteiger partial charge in [0.1, 0.15) is 12.4 Å². The summed E-state index contributed by atoms with van der Waals surface area (Å²) < 4.78 is 12.9. The number of nitrogens with zero attached hydrogens (tertiary/aromatic N) is 3. The van der Waals surface area contributed by atoms with Crippen LogP contribution in [0.2, 0.25) is 0 Å². The second kappa shape index (κ2) is 11.2. The standard InChI is InChI=1S/C26H31N3O5/c1-2-33-23(25(31)32)18-19-10-12-20(13-11-19)34-17-16-29-24(30)21-8-4-5-9-22(21)27-26(29)28-14-6-3-7-15-28/h4-5,8-13,23H,2-3,6-7,14-18H2,1H3,(H,31,32)/t23-/m1/s1. The third-order valence-corrected chi connectivity index (χ3v) is 6.05. The quantitative estimate of drug-likeness (QED) is 0.490. The normalized spacial score (nSPS) is 14.8. The maximum absolute atomic E-state index is 13.3. The highest BCUT2D eigenvalue weighted by Gasteiger charge is 2.20. The van der Waals surface area contributed by atoms with Crippen molar-refractivity contribution in [3.8, 4) is 5.75 Å². The van der Waals surface area contributed by atoms with Gasteiger partial charge in [-0.05, 0) is 56.0 Å². The molecule has 0 aliphatic carbocycles. The van der Waals surface area contributed by atoms with E-state index in [2.05, 4.69) is 4.90 Å². The van der Waals surface area contributed by atoms with Crippen molar-refractivity contribution >= 4 is 22.8 Å². The van der Waals surface area contributed by atoms with Gasteiger partial charge in [-0.2, -0.15) is 0 Å². The van der Waals surface area contributed by atoms with Crippen molar-refractivity contribution in [3.05, 3.63) is 64.4 Å². The number of aliphatic carboxylic acids is 1. The number of aromatic nitrogens is 2. The van der Waals surface area contributed by atoms with Gasteiger partial charge in [0.2, 0.25) is 5.95 Å². The molecular weight excluding hydrogens is 434 g/mol. The summed E-state index contributed by atoms with van der Waals surface area (Å²) in [4.78, 5) is 31.6. The van der Waals surface area contributed by atoms with Crippen molar-refractivity contribution in [1.29, 1.82) is 0 Å². The first kappa shape index (κ1) is 23.8. The maximum atomic E-state index is 13.3. The molecule has 1 aliphatic rings. The molecule has 1 aliphatic heterocycles. The van der Waals surface area contributed by atoms with Crippen LogP contribution in [0.1, 0.15) is 31.7 Å². The Morgan fingerprint density at radius 2 is 1.82 bits per heavy atom. The van der Waals surface area contributed by atoms with E-state index in [0.29, 0.717) is 48.8 Å². The zero-order valence-corrected chi connectivity index (χ0v) is 19.5. The van der Waals surface area contributed by atoms with Gasteiger partial charge in [-0.15, -0.1) is 0 Å². The lowest BCUT2D eigenvalue weighted by atomic mass is 10.1. The van der Waals surface area contributed by atoms with Crippen LogP contribution in [-0.4, -0.2) is 53.0 Å². The van der Waals surface area contributed by atoms with Crippen LogP contribution in [0, 0.1) is 0 Å². The van der Waals surface area contributed by atoms with Gasteiger partial charge in [0.05, 0.1) is 17.4 Å². The van der Waals surface area contributed by atoms with E-state index >= 15 is 0 Å². The zero-order valence-electron chi connectivity index (χ0n) is 19.5. The molecule has 1 saturated heterocycles. The molecule has 2 aromatic carbocycles. The van der Waals surface area contributed by atoms with Crippen molar-refractivity contribution in [2.45, 2.75) is 45.3 Å². The Hall–Kier alpha value is -3.39. The van der Waals surface area contributed by atoms with Crippen LogP contribution in [0.5, 0.6) is 5.75 Å². The fraction of sp³-hybridized carbons (Fsp3) is 0.423. The number of piperidine rings is 1. The monoisotopic (exact) mass is 465 g/mol. The van der Waals surface area contributed by atoms with Gasteiger partial charge in [0.25, 0.3) is 5.56 Å². The Labute approximate surface area is 198 Å². The molecule has 2 heterocycles. The van der Waals surface area contributed by atoms with Gasteiger partial charge in [-0.1, -0.05) is 24.3 Å². The number of anilines is 1. The molecule has 0 saturated carbocycles. The minimum absolute atomic E-state index is 0.0549. The van der Waals surface area contributed by atoms with Crippen LogP contribution in [-0.2, 0) is 22.5 Å². The number of rotatable bonds is 10. The molecule has 0 radical (unpaired) electrons. The first-order valence-electron chi connectivity index (χ1n) is 11.9. The number of carboxylic acid groups (broad SMARTS) is 1. The van der Waals surface area contributed by atoms with Gasteiger partial charge in [-0.25, -0.2) is 9.78 Å². The minimum atomic E-state index is -0.971. The number of carbonyl (C=O) groups is 1. The van der Waals surface area contributed by atoms with E-state index in [1.54, 1.807) is 11.5 Å². The molecule has 1 aromatic heterocycles. The minimum Gasteiger partial charge on any atom is -0.492 e. The summed E-state index contributed by atoms with van der Waals surface area (Å²) in [6.07, 6.45) is 2.82. The number of hydrogen-bond donors (Lipinski definition) is 1. The molecule has 0 bridgehead atoms. The molecule has 8 nitrogen and oxygen atoms in total. The second-order valence-corrected chi connectivity index (χ2v) is 8.41. The van der Waals surface area contributed by atoms with E-state index in [1.807, 2.05) is 48.5 Å². The second-order valence-electron chi connectivity index (χ2n) is 8.41. The SMILES string of the molecule is CCO[C@H](Cc1ccc(OCCn2c(N3CCCCC3)nc3ccccc3c2=O)cc1)C(=O)O. The van der Waals surface area contributed by atoms with Crippen molar-refractivity contribution in [3.63, 3.8) is 0 Å². The predicted octanol–water partition coefficient (Wildman–Crippen LogP) is 3.50. The smallest absolute Gasteiger partial charge is 0.333 e. The number of ether oxygens (including phenoxy) is 2. The highest BCUT2D eigenvalue weighted by molar-refractivity contribution is 5.78. The molecule has 0 amide bonds. The molecule has 1 N–H and O–H groups in total. The molecule has 1 atom stereocenters. The van der Waals surface area contributed by atoms with Gasteiger partial charge in [0.15, 0.2) is 6.10 Å². The third-order valence-electron chi connectivity index (χ3n) is 6.05. The van der Waals surface area contributed by atoms with Gasteiger partial charge < -0.3 is 19.5 Å². The Morgan fingerprint density at radius 1 is 1.09 bits per heavy atom. The largest absolute Gasteiger partial charge is 0.492 e. The van der Waals surface area contributed by atoms with Crippen LogP contribution in [0.15, 0.2) is 53.3 Å². The molecule has 1 fully saturated rings. The van der Waals surface area contributed by atoms with Crippen molar-refractivity contribution in [1.82, 2.24) is 9.55 Å². The summed E-state index contributed by atoms with van der Waals surface area (Å²) in [7, 11) is 0. The highest BCUT2D eigenvalue weighted by atomic mass is 16.5. The van der Waals surface area contributed by atoms with E-state index < -0.39 is 12.1 Å². The Balaban J connectivity index is 1.46. The summed E-state index contributed by atoms with van der Waals surface area (Å²) in [6.45, 7) is 4.62. The molecular formula is C26H31N3O5. The Morgan fingerprint density at radius 3 is 2.53 bits per heavy atom. The van der Waals surface area contributed by atoms with E-state index in [0.717, 1.165) is 31.5 Å². The number of para-hydroxylation sites is 1. The Bertz CT molecular complexity index is 1170. The van der Waals surface area contributed by atoms with Crippen LogP contribution in [0.3, 0.4) is 0 Å². The van der Waals surface area contributed by atoms with E-state index in [4.69, 9.17) is 14.5 Å². The fourth-order valence-electron chi connectivity index (χ4n) is 4.30. The van der Waals surface area contributed by atoms with Crippen LogP contribution in [0.25, 0.3) is 10.9 Å². The van der Waals surface area contributed by atoms with Gasteiger partial charge in [0, 0.05) is 26.1 Å². The van der Waals surface area contributed by atoms with Crippen molar-refractivity contribution in [2.75, 3.05) is 31.2 Å². The topological polar surface area (TPSA) is 93.9 Å². The number of hydrogen-bond acceptors (Lipinski definition) is 6. The summed E-state index contributed by atoms with van der Waals surface area (Å²) >= 11 is 0. The van der Waals surface area contributed by atoms with Crippen LogP contribution >= 0.6 is 0 Å². The predicted molar refractivity (Wildman–Crippen MR) is 131 cm³/mol. The van der Waals surface area contributed by atoms with Gasteiger partial charge in [-0.3, -0.25) is 9.36 Å². The Kier molecular flexibility index (Phi) is 7.80. The molecule has 8 heteroatoms. The molecule has 3 aromatic rings. The summed E-state index contributed by atoms with van der Waals surface area (Å²) in [6, 6.07) is 14.8. The lowest BCUT2D eigenvalue weighted by Crippen LogP contribution is -2.37. The maximum Gasteiger partial charge on any atom is 0.333 e. The van der Waals surface area contributed by atoms with Crippen LogP contribution < -0.4 is 15.2 Å². The number of fused-ring (bicyclic) bond motifs is 1. The first-order chi connectivity index (χ1) is 16.6. The molecule has 180 valence electrons. The number of carboxylic acids is 1. The highest BCUT2D eigenvalue weighted by Crippen LogP contribution is 2.20. The van der Waals surface area contributed by atoms with Gasteiger partial charge >= 0.3 is 5.97 Å². The van der Waals surface area contributed by atoms with E-state index in [1.165, 1.54) is 6.42 Å². The molecule has 0 unspecified atom stereocenters. The lowest BCUT2D eigenvalue weighted by molar-refractivity contribution is -0.149. The number of benzene rings is 2. The molecule has 4 rings (SSSR count). The van der Waals surface area contributed by atoms with Crippen molar-refractivity contribution < 1.29 is 19.4 Å². The average Bonchev–Trinajstić information content (AvgIpc) is 2.86. The summed E-state index contributed by atoms with van der Waals surface area (Å²) in [5, 5.41) is 9.87. The third kappa shape index (κ3) is 5.56. The fourth-order valence-corrected chi connectivity index (χ4v) is 4.30. The van der Waals surface area contributed by atoms with Crippen LogP contribution in [0.4, 0.5) is 5.95 Å². The van der Waals surface area contributed by atoms with E-state index in [9.17, 15) is 14.7 Å². The summed E-state index contributed by atoms with van der Waals surface area (Å²) in [5.41, 5.74) is 1.52. The average molecular weight is 466 g/mol. The zero-order chi connectivity index (χ0) is 23.9. The first-order valence-corrected chi connectivity index (χ1v) is 11.9. The van der Waals surface area contributed by atoms with E-state index in [-0.39, 0.29) is 5.56 Å². The molecule has 0 spiro atoms. The van der Waals surface area contributed by atoms with Crippen molar-refractivity contribution in [2.24, 2.45) is 0 Å². The lowest BCUT2D eigenvalue weighted by Gasteiger charge is -2.29. The summed E-state index contributed by atoms with van der Waals surface area (Å²) in [5.74, 6) is 0.396. The molecule has 34 heavy (non-hydrogen) atoms.